The molecule has 1 heterocycles. The van der Waals surface area contributed by atoms with E-state index >= 15 is 0 Å². The second-order valence-corrected chi connectivity index (χ2v) is 9.41. The molecule has 32 heavy (non-hydrogen) atoms. The van der Waals surface area contributed by atoms with Crippen molar-refractivity contribution < 1.29 is 19.5 Å². The molecule has 1 saturated carbocycles. The average Bonchev–Trinajstić information content (AvgIpc) is 2.82. The third-order valence-electron chi connectivity index (χ3n) is 7.31. The van der Waals surface area contributed by atoms with Crippen LogP contribution in [0.4, 0.5) is 0 Å². The number of carboxylic acid groups (broad SMARTS) is 1. The first-order valence-corrected chi connectivity index (χ1v) is 11.8. The summed E-state index contributed by atoms with van der Waals surface area (Å²) in [4.78, 5) is 39.2. The van der Waals surface area contributed by atoms with Gasteiger partial charge in [0.15, 0.2) is 0 Å². The third-order valence-corrected chi connectivity index (χ3v) is 7.31. The quantitative estimate of drug-likeness (QED) is 0.704. The molecule has 6 nitrogen and oxygen atoms in total. The molecule has 1 aliphatic carbocycles. The van der Waals surface area contributed by atoms with Crippen LogP contribution in [0.25, 0.3) is 10.8 Å². The number of nitrogens with one attached hydrogen (secondary N) is 1. The number of carbonyl (C=O) groups excluding carboxylic acids is 2. The van der Waals surface area contributed by atoms with Crippen LogP contribution in [0.1, 0.15) is 68.1 Å². The largest absolute Gasteiger partial charge is 0.481 e. The standard InChI is InChI=1S/C26H32N2O4/c29-23(30)11-10-22(25(32)28-16-14-26(15-17-28)12-4-1-5-13-26)27-24(31)21-9-8-19-6-2-3-7-20(19)18-21/h2-3,6-9,18,22H,1,4-5,10-17H2,(H,27,31)(H,29,30)/t22-/m1/s1. The summed E-state index contributed by atoms with van der Waals surface area (Å²) >= 11 is 0. The number of benzene rings is 2. The predicted octanol–water partition coefficient (Wildman–Crippen LogP) is 4.38. The molecule has 170 valence electrons. The van der Waals surface area contributed by atoms with Gasteiger partial charge in [-0.25, -0.2) is 0 Å². The lowest BCUT2D eigenvalue weighted by molar-refractivity contribution is -0.138. The van der Waals surface area contributed by atoms with Crippen LogP contribution in [0.3, 0.4) is 0 Å². The summed E-state index contributed by atoms with van der Waals surface area (Å²) in [6.45, 7) is 1.38. The fourth-order valence-corrected chi connectivity index (χ4v) is 5.32. The Hall–Kier alpha value is -2.89. The zero-order chi connectivity index (χ0) is 22.6. The molecule has 6 heteroatoms. The number of amides is 2. The van der Waals surface area contributed by atoms with Crippen LogP contribution in [0.15, 0.2) is 42.5 Å². The molecule has 2 aromatic rings. The van der Waals surface area contributed by atoms with E-state index in [1.54, 1.807) is 12.1 Å². The number of carbonyl (C=O) groups is 3. The first-order valence-electron chi connectivity index (χ1n) is 11.8. The van der Waals surface area contributed by atoms with Gasteiger partial charge in [-0.05, 0) is 60.4 Å². The minimum atomic E-state index is -0.970. The summed E-state index contributed by atoms with van der Waals surface area (Å²) in [6, 6.07) is 12.4. The number of rotatable bonds is 6. The van der Waals surface area contributed by atoms with Gasteiger partial charge in [-0.3, -0.25) is 14.4 Å². The lowest BCUT2D eigenvalue weighted by atomic mass is 9.68. The highest BCUT2D eigenvalue weighted by Crippen LogP contribution is 2.44. The molecule has 1 aliphatic heterocycles. The topological polar surface area (TPSA) is 86.7 Å². The fourth-order valence-electron chi connectivity index (χ4n) is 5.32. The Balaban J connectivity index is 1.44. The Morgan fingerprint density at radius 2 is 1.62 bits per heavy atom. The van der Waals surface area contributed by atoms with Crippen LogP contribution in [0.5, 0.6) is 0 Å². The van der Waals surface area contributed by atoms with Crippen LogP contribution >= 0.6 is 0 Å². The van der Waals surface area contributed by atoms with E-state index in [4.69, 9.17) is 5.11 Å². The molecule has 0 radical (unpaired) electrons. The molecule has 1 spiro atoms. The second kappa shape index (κ2) is 9.72. The Morgan fingerprint density at radius 3 is 2.31 bits per heavy atom. The molecule has 2 aromatic carbocycles. The van der Waals surface area contributed by atoms with Gasteiger partial charge in [0, 0.05) is 25.1 Å². The van der Waals surface area contributed by atoms with Gasteiger partial charge in [0.05, 0.1) is 0 Å². The van der Waals surface area contributed by atoms with Crippen LogP contribution < -0.4 is 5.32 Å². The van der Waals surface area contributed by atoms with E-state index in [-0.39, 0.29) is 24.7 Å². The molecule has 1 saturated heterocycles. The summed E-state index contributed by atoms with van der Waals surface area (Å²) < 4.78 is 0. The maximum atomic E-state index is 13.3. The van der Waals surface area contributed by atoms with Gasteiger partial charge in [0.25, 0.3) is 5.91 Å². The van der Waals surface area contributed by atoms with Crippen LogP contribution in [-0.4, -0.2) is 46.9 Å². The van der Waals surface area contributed by atoms with Gasteiger partial charge in [0.1, 0.15) is 6.04 Å². The molecule has 2 aliphatic rings. The summed E-state index contributed by atoms with van der Waals surface area (Å²) in [5.74, 6) is -1.48. The Morgan fingerprint density at radius 1 is 0.938 bits per heavy atom. The number of piperidine rings is 1. The second-order valence-electron chi connectivity index (χ2n) is 9.41. The van der Waals surface area contributed by atoms with Gasteiger partial charge in [-0.15, -0.1) is 0 Å². The van der Waals surface area contributed by atoms with Crippen molar-refractivity contribution in [2.45, 2.75) is 63.8 Å². The molecular formula is C26H32N2O4. The molecule has 2 N–H and O–H groups in total. The lowest BCUT2D eigenvalue weighted by Gasteiger charge is -2.45. The van der Waals surface area contributed by atoms with Crippen molar-refractivity contribution in [2.75, 3.05) is 13.1 Å². The van der Waals surface area contributed by atoms with Gasteiger partial charge < -0.3 is 15.3 Å². The zero-order valence-corrected chi connectivity index (χ0v) is 18.5. The van der Waals surface area contributed by atoms with E-state index in [1.807, 2.05) is 35.2 Å². The van der Waals surface area contributed by atoms with Crippen molar-refractivity contribution in [1.82, 2.24) is 10.2 Å². The smallest absolute Gasteiger partial charge is 0.303 e. The molecule has 1 atom stereocenters. The average molecular weight is 437 g/mol. The molecular weight excluding hydrogens is 404 g/mol. The summed E-state index contributed by atoms with van der Waals surface area (Å²) in [5.41, 5.74) is 0.844. The molecule has 0 aromatic heterocycles. The van der Waals surface area contributed by atoms with E-state index in [2.05, 4.69) is 5.32 Å². The monoisotopic (exact) mass is 436 g/mol. The Labute approximate surface area is 189 Å². The van der Waals surface area contributed by atoms with Gasteiger partial charge >= 0.3 is 5.97 Å². The van der Waals surface area contributed by atoms with Crippen molar-refractivity contribution in [1.29, 1.82) is 0 Å². The molecule has 0 bridgehead atoms. The summed E-state index contributed by atoms with van der Waals surface area (Å²) in [6.07, 6.45) is 8.29. The van der Waals surface area contributed by atoms with Crippen LogP contribution in [-0.2, 0) is 9.59 Å². The van der Waals surface area contributed by atoms with E-state index in [9.17, 15) is 14.4 Å². The van der Waals surface area contributed by atoms with E-state index in [0.717, 1.165) is 23.6 Å². The van der Waals surface area contributed by atoms with Crippen molar-refractivity contribution >= 4 is 28.6 Å². The van der Waals surface area contributed by atoms with Crippen molar-refractivity contribution in [3.05, 3.63) is 48.0 Å². The van der Waals surface area contributed by atoms with Crippen LogP contribution in [0.2, 0.25) is 0 Å². The Kier molecular flexibility index (Phi) is 6.77. The van der Waals surface area contributed by atoms with Crippen molar-refractivity contribution in [3.8, 4) is 0 Å². The Bertz CT molecular complexity index is 986. The van der Waals surface area contributed by atoms with Gasteiger partial charge in [0.2, 0.25) is 5.91 Å². The maximum absolute atomic E-state index is 13.3. The van der Waals surface area contributed by atoms with E-state index in [1.165, 1.54) is 32.1 Å². The predicted molar refractivity (Wildman–Crippen MR) is 123 cm³/mol. The number of hydrogen-bond acceptors (Lipinski definition) is 3. The number of likely N-dealkylation sites (tertiary alicyclic amines) is 1. The van der Waals surface area contributed by atoms with Crippen molar-refractivity contribution in [2.24, 2.45) is 5.41 Å². The number of hydrogen-bond donors (Lipinski definition) is 2. The zero-order valence-electron chi connectivity index (χ0n) is 18.5. The third kappa shape index (κ3) is 5.12. The molecule has 2 amide bonds. The molecule has 2 fully saturated rings. The van der Waals surface area contributed by atoms with Crippen LogP contribution in [0, 0.1) is 5.41 Å². The highest BCUT2D eigenvalue weighted by atomic mass is 16.4. The van der Waals surface area contributed by atoms with Crippen molar-refractivity contribution in [3.63, 3.8) is 0 Å². The maximum Gasteiger partial charge on any atom is 0.303 e. The molecule has 0 unspecified atom stereocenters. The number of fused-ring (bicyclic) bond motifs is 1. The fraction of sp³-hybridized carbons (Fsp3) is 0.500. The minimum Gasteiger partial charge on any atom is -0.481 e. The van der Waals surface area contributed by atoms with E-state index in [0.29, 0.717) is 24.1 Å². The SMILES string of the molecule is O=C(O)CC[C@@H](NC(=O)c1ccc2ccccc2c1)C(=O)N1CCC2(CCCCC2)CC1. The summed E-state index contributed by atoms with van der Waals surface area (Å²) in [5, 5.41) is 14.0. The normalized spacial score (nSPS) is 18.9. The minimum absolute atomic E-state index is 0.0924. The highest BCUT2D eigenvalue weighted by molar-refractivity contribution is 6.00. The number of aliphatic carboxylic acids is 1. The van der Waals surface area contributed by atoms with E-state index < -0.39 is 12.0 Å². The first kappa shape index (κ1) is 22.3. The molecule has 4 rings (SSSR count). The highest BCUT2D eigenvalue weighted by Gasteiger charge is 2.38. The summed E-state index contributed by atoms with van der Waals surface area (Å²) in [7, 11) is 0. The number of carboxylic acids is 1. The lowest BCUT2D eigenvalue weighted by Crippen LogP contribution is -2.52. The van der Waals surface area contributed by atoms with Gasteiger partial charge in [-0.2, -0.15) is 0 Å². The number of nitrogens with zero attached hydrogens (tertiary/aromatic N) is 1. The van der Waals surface area contributed by atoms with Gasteiger partial charge in [-0.1, -0.05) is 49.6 Å². The first-order chi connectivity index (χ1) is 15.5.